The quantitative estimate of drug-likeness (QED) is 0.912. The third-order valence-electron chi connectivity index (χ3n) is 4.15. The molecule has 1 aliphatic heterocycles. The van der Waals surface area contributed by atoms with E-state index < -0.39 is 0 Å². The van der Waals surface area contributed by atoms with E-state index in [-0.39, 0.29) is 11.4 Å². The molecule has 1 aromatic carbocycles. The molecule has 0 radical (unpaired) electrons. The average molecular weight is 315 g/mol. The molecule has 3 rings (SSSR count). The summed E-state index contributed by atoms with van der Waals surface area (Å²) in [6, 6.07) is 10.1. The van der Waals surface area contributed by atoms with Crippen LogP contribution in [0.4, 0.5) is 10.5 Å². The number of carbonyl (C=O) groups is 1. The molecule has 2 heterocycles. The first-order valence-corrected chi connectivity index (χ1v) is 8.49. The summed E-state index contributed by atoms with van der Waals surface area (Å²) >= 11 is 1.81. The lowest BCUT2D eigenvalue weighted by molar-refractivity contribution is 0.213. The first-order chi connectivity index (χ1) is 10.6. The highest BCUT2D eigenvalue weighted by atomic mass is 32.2. The summed E-state index contributed by atoms with van der Waals surface area (Å²) in [7, 11) is 2.02. The molecule has 1 aliphatic rings. The Kier molecular flexibility index (Phi) is 4.16. The highest BCUT2D eigenvalue weighted by Gasteiger charge is 2.32. The number of benzene rings is 1. The molecule has 0 bridgehead atoms. The summed E-state index contributed by atoms with van der Waals surface area (Å²) in [5.41, 5.74) is 4.44. The first kappa shape index (κ1) is 15.0. The second-order valence-electron chi connectivity index (χ2n) is 5.69. The van der Waals surface area contributed by atoms with E-state index in [2.05, 4.69) is 29.8 Å². The van der Waals surface area contributed by atoms with Gasteiger partial charge in [-0.2, -0.15) is 0 Å². The number of nitrogens with one attached hydrogen (secondary N) is 1. The fourth-order valence-electron chi connectivity index (χ4n) is 2.67. The number of thioether (sulfide) groups is 1. The fraction of sp³-hybridized carbons (Fsp3) is 0.353. The number of amides is 2. The number of nitrogens with zero attached hydrogens (tertiary/aromatic N) is 2. The summed E-state index contributed by atoms with van der Waals surface area (Å²) in [4.78, 5) is 14.5. The van der Waals surface area contributed by atoms with Gasteiger partial charge in [0, 0.05) is 31.2 Å². The maximum absolute atomic E-state index is 12.6. The van der Waals surface area contributed by atoms with Crippen LogP contribution in [0.1, 0.15) is 22.2 Å². The number of aromatic nitrogens is 1. The lowest BCUT2D eigenvalue weighted by Gasteiger charge is -2.24. The summed E-state index contributed by atoms with van der Waals surface area (Å²) in [5.74, 6) is 0.968. The first-order valence-electron chi connectivity index (χ1n) is 7.44. The Balaban J connectivity index is 1.76. The van der Waals surface area contributed by atoms with E-state index in [1.165, 1.54) is 11.1 Å². The van der Waals surface area contributed by atoms with Crippen molar-refractivity contribution in [1.82, 2.24) is 9.47 Å². The Morgan fingerprint density at radius 2 is 2.09 bits per heavy atom. The maximum Gasteiger partial charge on any atom is 0.323 e. The zero-order valence-electron chi connectivity index (χ0n) is 13.2. The molecular formula is C17H21N3OS. The monoisotopic (exact) mass is 315 g/mol. The number of hydrogen-bond donors (Lipinski definition) is 1. The van der Waals surface area contributed by atoms with Crippen molar-refractivity contribution < 1.29 is 4.79 Å². The normalized spacial score (nSPS) is 17.8. The van der Waals surface area contributed by atoms with Crippen LogP contribution in [0.3, 0.4) is 0 Å². The molecule has 4 nitrogen and oxygen atoms in total. The molecule has 116 valence electrons. The van der Waals surface area contributed by atoms with E-state index in [1.807, 2.05) is 54.2 Å². The van der Waals surface area contributed by atoms with Gasteiger partial charge < -0.3 is 14.8 Å². The molecule has 1 fully saturated rings. The van der Waals surface area contributed by atoms with Crippen LogP contribution in [0.5, 0.6) is 0 Å². The number of urea groups is 1. The van der Waals surface area contributed by atoms with E-state index in [0.717, 1.165) is 23.7 Å². The number of carbonyl (C=O) groups excluding carboxylic acids is 1. The Bertz CT molecular complexity index is 695. The van der Waals surface area contributed by atoms with Gasteiger partial charge in [0.2, 0.25) is 0 Å². The van der Waals surface area contributed by atoms with Crippen LogP contribution < -0.4 is 5.32 Å². The van der Waals surface area contributed by atoms with Crippen LogP contribution >= 0.6 is 11.8 Å². The van der Waals surface area contributed by atoms with Gasteiger partial charge in [-0.05, 0) is 49.2 Å². The smallest absolute Gasteiger partial charge is 0.323 e. The zero-order valence-corrected chi connectivity index (χ0v) is 14.0. The standard InChI is InChI=1S/C17H21N3OS/c1-12-6-7-14(11-13(12)2)18-17(21)20-9-10-22-16(20)15-5-4-8-19(15)3/h4-8,11,16H,9-10H2,1-3H3,(H,18,21)/t16-/m1/s1. The summed E-state index contributed by atoms with van der Waals surface area (Å²) < 4.78 is 2.08. The minimum Gasteiger partial charge on any atom is -0.352 e. The molecule has 22 heavy (non-hydrogen) atoms. The van der Waals surface area contributed by atoms with Crippen LogP contribution in [0, 0.1) is 13.8 Å². The van der Waals surface area contributed by atoms with Crippen molar-refractivity contribution in [2.75, 3.05) is 17.6 Å². The number of hydrogen-bond acceptors (Lipinski definition) is 2. The van der Waals surface area contributed by atoms with Crippen molar-refractivity contribution in [2.45, 2.75) is 19.2 Å². The minimum atomic E-state index is -0.0283. The number of anilines is 1. The van der Waals surface area contributed by atoms with Crippen LogP contribution in [0.2, 0.25) is 0 Å². The van der Waals surface area contributed by atoms with Crippen LogP contribution in [-0.4, -0.2) is 27.8 Å². The highest BCUT2D eigenvalue weighted by molar-refractivity contribution is 7.99. The number of rotatable bonds is 2. The predicted octanol–water partition coefficient (Wildman–Crippen LogP) is 3.92. The molecule has 0 saturated carbocycles. The SMILES string of the molecule is Cc1ccc(NC(=O)N2CCS[C@@H]2c2cccn2C)cc1C. The Morgan fingerprint density at radius 1 is 1.27 bits per heavy atom. The van der Waals surface area contributed by atoms with Gasteiger partial charge in [-0.3, -0.25) is 0 Å². The fourth-order valence-corrected chi connectivity index (χ4v) is 3.99. The van der Waals surface area contributed by atoms with Crippen molar-refractivity contribution in [1.29, 1.82) is 0 Å². The van der Waals surface area contributed by atoms with Gasteiger partial charge >= 0.3 is 6.03 Å². The molecule has 5 heteroatoms. The van der Waals surface area contributed by atoms with E-state index in [4.69, 9.17) is 0 Å². The molecular weight excluding hydrogens is 294 g/mol. The second kappa shape index (κ2) is 6.08. The van der Waals surface area contributed by atoms with Gasteiger partial charge in [0.05, 0.1) is 5.69 Å². The van der Waals surface area contributed by atoms with E-state index in [0.29, 0.717) is 0 Å². The average Bonchev–Trinajstić information content (AvgIpc) is 3.11. The molecule has 0 spiro atoms. The summed E-state index contributed by atoms with van der Waals surface area (Å²) in [6.07, 6.45) is 2.02. The Morgan fingerprint density at radius 3 is 2.77 bits per heavy atom. The van der Waals surface area contributed by atoms with E-state index >= 15 is 0 Å². The third kappa shape index (κ3) is 2.86. The van der Waals surface area contributed by atoms with Crippen molar-refractivity contribution in [3.63, 3.8) is 0 Å². The molecule has 0 unspecified atom stereocenters. The topological polar surface area (TPSA) is 37.3 Å². The summed E-state index contributed by atoms with van der Waals surface area (Å²) in [6.45, 7) is 4.91. The van der Waals surface area contributed by atoms with E-state index in [1.54, 1.807) is 0 Å². The highest BCUT2D eigenvalue weighted by Crippen LogP contribution is 2.38. The molecule has 2 aromatic rings. The van der Waals surface area contributed by atoms with Gasteiger partial charge in [-0.25, -0.2) is 4.79 Å². The molecule has 1 atom stereocenters. The van der Waals surface area contributed by atoms with Crippen LogP contribution in [-0.2, 0) is 7.05 Å². The van der Waals surface area contributed by atoms with Crippen molar-refractivity contribution in [2.24, 2.45) is 7.05 Å². The second-order valence-corrected chi connectivity index (χ2v) is 6.88. The molecule has 2 amide bonds. The minimum absolute atomic E-state index is 0.0283. The lowest BCUT2D eigenvalue weighted by Crippen LogP contribution is -2.34. The summed E-state index contributed by atoms with van der Waals surface area (Å²) in [5, 5.41) is 3.12. The van der Waals surface area contributed by atoms with Crippen LogP contribution in [0.25, 0.3) is 0 Å². The van der Waals surface area contributed by atoms with Gasteiger partial charge in [-0.1, -0.05) is 6.07 Å². The lowest BCUT2D eigenvalue weighted by atomic mass is 10.1. The molecule has 0 aliphatic carbocycles. The van der Waals surface area contributed by atoms with Gasteiger partial charge in [-0.15, -0.1) is 11.8 Å². The van der Waals surface area contributed by atoms with Gasteiger partial charge in [0.15, 0.2) is 0 Å². The molecule has 1 N–H and O–H groups in total. The van der Waals surface area contributed by atoms with Crippen molar-refractivity contribution >= 4 is 23.5 Å². The zero-order chi connectivity index (χ0) is 15.7. The maximum atomic E-state index is 12.6. The molecule has 1 saturated heterocycles. The van der Waals surface area contributed by atoms with Crippen LogP contribution in [0.15, 0.2) is 36.5 Å². The predicted molar refractivity (Wildman–Crippen MR) is 92.3 cm³/mol. The van der Waals surface area contributed by atoms with E-state index in [9.17, 15) is 4.79 Å². The third-order valence-corrected chi connectivity index (χ3v) is 5.38. The largest absolute Gasteiger partial charge is 0.352 e. The number of aryl methyl sites for hydroxylation is 3. The Hall–Kier alpha value is -1.88. The van der Waals surface area contributed by atoms with Crippen molar-refractivity contribution in [3.05, 3.63) is 53.3 Å². The van der Waals surface area contributed by atoms with Gasteiger partial charge in [0.1, 0.15) is 5.37 Å². The molecule has 1 aromatic heterocycles. The van der Waals surface area contributed by atoms with Crippen molar-refractivity contribution in [3.8, 4) is 0 Å². The Labute approximate surface area is 135 Å². The van der Waals surface area contributed by atoms with Gasteiger partial charge in [0.25, 0.3) is 0 Å².